The van der Waals surface area contributed by atoms with Gasteiger partial charge in [0.1, 0.15) is 0 Å². The highest BCUT2D eigenvalue weighted by atomic mass is 32.2. The molecule has 0 saturated carbocycles. The molecule has 2 heterocycles. The van der Waals surface area contributed by atoms with Crippen LogP contribution in [-0.2, 0) is 14.6 Å². The van der Waals surface area contributed by atoms with Crippen LogP contribution >= 0.6 is 11.8 Å². The highest BCUT2D eigenvalue weighted by Gasteiger charge is 2.35. The van der Waals surface area contributed by atoms with E-state index in [2.05, 4.69) is 4.98 Å². The maximum absolute atomic E-state index is 12.9. The zero-order valence-electron chi connectivity index (χ0n) is 14.0. The Labute approximate surface area is 152 Å². The topological polar surface area (TPSA) is 67.3 Å². The van der Waals surface area contributed by atoms with E-state index in [0.717, 1.165) is 16.3 Å². The fourth-order valence-electron chi connectivity index (χ4n) is 2.87. The van der Waals surface area contributed by atoms with Gasteiger partial charge in [0.15, 0.2) is 9.84 Å². The van der Waals surface area contributed by atoms with Gasteiger partial charge < -0.3 is 4.90 Å². The van der Waals surface area contributed by atoms with Crippen molar-refractivity contribution in [2.45, 2.75) is 24.4 Å². The molecular formula is C18H20N2O3S2. The summed E-state index contributed by atoms with van der Waals surface area (Å²) in [5.41, 5.74) is 1.81. The van der Waals surface area contributed by atoms with Crippen LogP contribution in [0, 0.1) is 6.92 Å². The number of hydrogen-bond acceptors (Lipinski definition) is 5. The monoisotopic (exact) mass is 376 g/mol. The molecule has 1 aliphatic rings. The van der Waals surface area contributed by atoms with Crippen LogP contribution in [0.3, 0.4) is 0 Å². The number of carbonyl (C=O) groups excluding carboxylic acids is 1. The molecule has 0 N–H and O–H groups in total. The first-order valence-electron chi connectivity index (χ1n) is 8.07. The van der Waals surface area contributed by atoms with Crippen molar-refractivity contribution in [1.29, 1.82) is 0 Å². The Bertz CT molecular complexity index is 836. The van der Waals surface area contributed by atoms with E-state index >= 15 is 0 Å². The van der Waals surface area contributed by atoms with Gasteiger partial charge in [-0.1, -0.05) is 36.0 Å². The zero-order chi connectivity index (χ0) is 17.9. The van der Waals surface area contributed by atoms with Crippen LogP contribution in [0.4, 0.5) is 5.69 Å². The van der Waals surface area contributed by atoms with Crippen LogP contribution in [0.5, 0.6) is 0 Å². The van der Waals surface area contributed by atoms with Crippen molar-refractivity contribution >= 4 is 33.2 Å². The number of benzene rings is 1. The van der Waals surface area contributed by atoms with E-state index in [-0.39, 0.29) is 29.2 Å². The van der Waals surface area contributed by atoms with Gasteiger partial charge in [0.2, 0.25) is 5.91 Å². The molecule has 7 heteroatoms. The van der Waals surface area contributed by atoms with Crippen LogP contribution in [0.1, 0.15) is 12.0 Å². The highest BCUT2D eigenvalue weighted by Crippen LogP contribution is 2.26. The zero-order valence-corrected chi connectivity index (χ0v) is 15.6. The minimum absolute atomic E-state index is 0.0289. The Hall–Kier alpha value is -1.86. The maximum atomic E-state index is 12.9. The average molecular weight is 377 g/mol. The second kappa shape index (κ2) is 7.58. The first kappa shape index (κ1) is 17.9. The van der Waals surface area contributed by atoms with Crippen molar-refractivity contribution in [3.05, 3.63) is 54.2 Å². The number of aromatic nitrogens is 1. The van der Waals surface area contributed by atoms with Gasteiger partial charge in [-0.15, -0.1) is 0 Å². The molecule has 1 atom stereocenters. The lowest BCUT2D eigenvalue weighted by molar-refractivity contribution is -0.116. The normalized spacial score (nSPS) is 18.8. The average Bonchev–Trinajstić information content (AvgIpc) is 2.95. The van der Waals surface area contributed by atoms with Gasteiger partial charge in [-0.3, -0.25) is 4.79 Å². The molecular weight excluding hydrogens is 356 g/mol. The molecule has 1 aromatic carbocycles. The summed E-state index contributed by atoms with van der Waals surface area (Å²) in [6, 6.07) is 12.8. The van der Waals surface area contributed by atoms with Gasteiger partial charge in [0, 0.05) is 11.9 Å². The van der Waals surface area contributed by atoms with Gasteiger partial charge in [0.05, 0.1) is 28.3 Å². The van der Waals surface area contributed by atoms with Crippen molar-refractivity contribution in [2.75, 3.05) is 22.2 Å². The molecule has 132 valence electrons. The van der Waals surface area contributed by atoms with Crippen molar-refractivity contribution in [3.63, 3.8) is 0 Å². The van der Waals surface area contributed by atoms with Crippen LogP contribution in [-0.4, -0.2) is 42.6 Å². The van der Waals surface area contributed by atoms with E-state index in [0.29, 0.717) is 6.42 Å². The van der Waals surface area contributed by atoms with E-state index in [1.165, 1.54) is 11.8 Å². The molecule has 1 amide bonds. The first-order chi connectivity index (χ1) is 11.9. The lowest BCUT2D eigenvalue weighted by Gasteiger charge is -2.28. The standard InChI is InChI=1S/C18H20N2O3S2/c1-14-7-8-17(19-11-14)24-12-18(21)20(15-5-3-2-4-6-15)16-9-10-25(22,23)13-16/h2-8,11,16H,9-10,12-13H2,1H3. The number of carbonyl (C=O) groups is 1. The van der Waals surface area contributed by atoms with Crippen molar-refractivity contribution in [2.24, 2.45) is 0 Å². The number of amides is 1. The Morgan fingerprint density at radius 3 is 2.60 bits per heavy atom. The first-order valence-corrected chi connectivity index (χ1v) is 10.9. The Kier molecular flexibility index (Phi) is 5.44. The number of para-hydroxylation sites is 1. The fourth-order valence-corrected chi connectivity index (χ4v) is 5.27. The van der Waals surface area contributed by atoms with Crippen molar-refractivity contribution < 1.29 is 13.2 Å². The third-order valence-corrected chi connectivity index (χ3v) is 6.78. The second-order valence-electron chi connectivity index (χ2n) is 6.12. The Morgan fingerprint density at radius 2 is 2.00 bits per heavy atom. The minimum atomic E-state index is -3.07. The van der Waals surface area contributed by atoms with E-state index in [4.69, 9.17) is 0 Å². The number of pyridine rings is 1. The number of anilines is 1. The molecule has 0 bridgehead atoms. The Morgan fingerprint density at radius 1 is 1.24 bits per heavy atom. The molecule has 1 unspecified atom stereocenters. The summed E-state index contributed by atoms with van der Waals surface area (Å²) >= 11 is 1.37. The third kappa shape index (κ3) is 4.61. The summed E-state index contributed by atoms with van der Waals surface area (Å²) in [5.74, 6) is 0.296. The quantitative estimate of drug-likeness (QED) is 0.751. The SMILES string of the molecule is Cc1ccc(SCC(=O)N(c2ccccc2)C2CCS(=O)(=O)C2)nc1. The molecule has 0 radical (unpaired) electrons. The summed E-state index contributed by atoms with van der Waals surface area (Å²) < 4.78 is 23.7. The number of sulfone groups is 1. The van der Waals surface area contributed by atoms with Gasteiger partial charge in [-0.2, -0.15) is 0 Å². The lowest BCUT2D eigenvalue weighted by Crippen LogP contribution is -2.42. The predicted molar refractivity (Wildman–Crippen MR) is 101 cm³/mol. The largest absolute Gasteiger partial charge is 0.308 e. The second-order valence-corrected chi connectivity index (χ2v) is 9.34. The van der Waals surface area contributed by atoms with Crippen molar-refractivity contribution in [3.8, 4) is 0 Å². The maximum Gasteiger partial charge on any atom is 0.237 e. The van der Waals surface area contributed by atoms with Crippen LogP contribution < -0.4 is 4.90 Å². The molecule has 2 aromatic rings. The summed E-state index contributed by atoms with van der Waals surface area (Å²) in [4.78, 5) is 18.8. The smallest absolute Gasteiger partial charge is 0.237 e. The molecule has 1 fully saturated rings. The number of hydrogen-bond donors (Lipinski definition) is 0. The third-order valence-electron chi connectivity index (χ3n) is 4.10. The molecule has 0 aliphatic carbocycles. The Balaban J connectivity index is 1.76. The van der Waals surface area contributed by atoms with Crippen LogP contribution in [0.15, 0.2) is 53.7 Å². The number of aryl methyl sites for hydroxylation is 1. The van der Waals surface area contributed by atoms with Gasteiger partial charge in [-0.25, -0.2) is 13.4 Å². The molecule has 3 rings (SSSR count). The van der Waals surface area contributed by atoms with E-state index in [9.17, 15) is 13.2 Å². The minimum Gasteiger partial charge on any atom is -0.308 e. The van der Waals surface area contributed by atoms with Gasteiger partial charge in [0.25, 0.3) is 0 Å². The summed E-state index contributed by atoms with van der Waals surface area (Å²) in [6.45, 7) is 1.96. The summed E-state index contributed by atoms with van der Waals surface area (Å²) in [5, 5.41) is 0.783. The van der Waals surface area contributed by atoms with Crippen LogP contribution in [0.2, 0.25) is 0 Å². The number of rotatable bonds is 5. The van der Waals surface area contributed by atoms with Crippen molar-refractivity contribution in [1.82, 2.24) is 4.98 Å². The molecule has 25 heavy (non-hydrogen) atoms. The number of nitrogens with zero attached hydrogens (tertiary/aromatic N) is 2. The van der Waals surface area contributed by atoms with Gasteiger partial charge in [-0.05, 0) is 37.1 Å². The molecule has 1 aromatic heterocycles. The highest BCUT2D eigenvalue weighted by molar-refractivity contribution is 7.99. The van der Waals surface area contributed by atoms with Crippen LogP contribution in [0.25, 0.3) is 0 Å². The van der Waals surface area contributed by atoms with E-state index < -0.39 is 9.84 Å². The lowest BCUT2D eigenvalue weighted by atomic mass is 10.2. The molecule has 5 nitrogen and oxygen atoms in total. The van der Waals surface area contributed by atoms with E-state index in [1.54, 1.807) is 11.1 Å². The molecule has 0 spiro atoms. The molecule has 1 saturated heterocycles. The van der Waals surface area contributed by atoms with E-state index in [1.807, 2.05) is 49.4 Å². The summed E-state index contributed by atoms with van der Waals surface area (Å²) in [7, 11) is -3.07. The fraction of sp³-hybridized carbons (Fsp3) is 0.333. The predicted octanol–water partition coefficient (Wildman–Crippen LogP) is 2.70. The number of thioether (sulfide) groups is 1. The summed E-state index contributed by atoms with van der Waals surface area (Å²) in [6.07, 6.45) is 2.25. The van der Waals surface area contributed by atoms with Gasteiger partial charge >= 0.3 is 0 Å². The molecule has 1 aliphatic heterocycles.